The third-order valence-electron chi connectivity index (χ3n) is 7.85. The minimum atomic E-state index is -0.234. The summed E-state index contributed by atoms with van der Waals surface area (Å²) in [5, 5.41) is 2.29. The highest BCUT2D eigenvalue weighted by Crippen LogP contribution is 2.39. The molecule has 2 aromatic carbocycles. The summed E-state index contributed by atoms with van der Waals surface area (Å²) in [4.78, 5) is 25.3. The molecule has 2 aromatic rings. The number of hydrogen-bond donors (Lipinski definition) is 0. The predicted octanol–water partition coefficient (Wildman–Crippen LogP) is 4.82. The van der Waals surface area contributed by atoms with E-state index >= 15 is 0 Å². The Hall–Kier alpha value is -3.14. The molecule has 3 aliphatic carbocycles. The third kappa shape index (κ3) is 5.58. The largest absolute Gasteiger partial charge is 0.465 e. The highest BCUT2D eigenvalue weighted by atomic mass is 16.5. The Morgan fingerprint density at radius 1 is 1.03 bits per heavy atom. The second kappa shape index (κ2) is 10.2. The number of esters is 2. The summed E-state index contributed by atoms with van der Waals surface area (Å²) in [5.74, 6) is -0.186. The summed E-state index contributed by atoms with van der Waals surface area (Å²) in [6.07, 6.45) is 15.0. The van der Waals surface area contributed by atoms with E-state index in [1.54, 1.807) is 0 Å². The van der Waals surface area contributed by atoms with Crippen molar-refractivity contribution in [3.63, 3.8) is 0 Å². The number of aryl methyl sites for hydroxylation is 1. The number of rotatable bonds is 6. The Morgan fingerprint density at radius 2 is 1.83 bits per heavy atom. The average molecular weight is 471 g/mol. The summed E-state index contributed by atoms with van der Waals surface area (Å²) in [7, 11) is 0. The van der Waals surface area contributed by atoms with Crippen LogP contribution in [-0.2, 0) is 20.7 Å². The molecule has 1 saturated carbocycles. The fourth-order valence-corrected chi connectivity index (χ4v) is 5.43. The maximum absolute atomic E-state index is 12.7. The fraction of sp³-hybridized carbons (Fsp3) is 0.419. The molecule has 0 spiro atoms. The first-order valence-corrected chi connectivity index (χ1v) is 12.9. The number of fused-ring (bicyclic) bond motifs is 2. The summed E-state index contributed by atoms with van der Waals surface area (Å²) < 4.78 is 11.5. The Balaban J connectivity index is 1.07. The molecule has 0 aliphatic heterocycles. The molecular weight excluding hydrogens is 436 g/mol. The molecule has 1 fully saturated rings. The van der Waals surface area contributed by atoms with Gasteiger partial charge in [0.2, 0.25) is 0 Å². The number of carbonyl (C=O) groups is 2. The van der Waals surface area contributed by atoms with Gasteiger partial charge in [0.1, 0.15) is 0 Å². The maximum atomic E-state index is 12.7. The van der Waals surface area contributed by atoms with Crippen LogP contribution < -0.4 is 10.4 Å². The van der Waals surface area contributed by atoms with Crippen LogP contribution in [0.1, 0.15) is 66.9 Å². The van der Waals surface area contributed by atoms with Crippen molar-refractivity contribution in [2.45, 2.75) is 51.9 Å². The highest BCUT2D eigenvalue weighted by Gasteiger charge is 2.33. The number of carbonyl (C=O) groups excluding carboxylic acids is 2. The van der Waals surface area contributed by atoms with Crippen molar-refractivity contribution in [3.8, 4) is 0 Å². The van der Waals surface area contributed by atoms with E-state index in [1.165, 1.54) is 16.3 Å². The summed E-state index contributed by atoms with van der Waals surface area (Å²) in [5.41, 5.74) is 3.03. The first-order valence-electron chi connectivity index (χ1n) is 12.9. The van der Waals surface area contributed by atoms with Gasteiger partial charge < -0.3 is 9.47 Å². The summed E-state index contributed by atoms with van der Waals surface area (Å²) >= 11 is 0. The maximum Gasteiger partial charge on any atom is 0.338 e. The van der Waals surface area contributed by atoms with Crippen molar-refractivity contribution < 1.29 is 19.1 Å². The molecule has 0 aromatic heterocycles. The second-order valence-corrected chi connectivity index (χ2v) is 10.7. The number of hydrogen-bond acceptors (Lipinski definition) is 4. The molecule has 0 saturated heterocycles. The first-order chi connectivity index (χ1) is 17.0. The molecule has 4 nitrogen and oxygen atoms in total. The van der Waals surface area contributed by atoms with Crippen molar-refractivity contribution in [1.82, 2.24) is 0 Å². The van der Waals surface area contributed by atoms with Crippen LogP contribution in [0.4, 0.5) is 0 Å². The average Bonchev–Trinajstić information content (AvgIpc) is 2.90. The lowest BCUT2D eigenvalue weighted by molar-refractivity contribution is -0.148. The van der Waals surface area contributed by atoms with Crippen LogP contribution in [0.2, 0.25) is 0 Å². The van der Waals surface area contributed by atoms with Gasteiger partial charge in [-0.3, -0.25) is 4.79 Å². The van der Waals surface area contributed by atoms with E-state index in [4.69, 9.17) is 9.47 Å². The van der Waals surface area contributed by atoms with Gasteiger partial charge in [0, 0.05) is 5.41 Å². The van der Waals surface area contributed by atoms with Crippen LogP contribution in [0.3, 0.4) is 0 Å². The molecule has 0 N–H and O–H groups in total. The topological polar surface area (TPSA) is 52.6 Å². The minimum absolute atomic E-state index is 0.0249. The van der Waals surface area contributed by atoms with Gasteiger partial charge in [0.05, 0.1) is 24.7 Å². The lowest BCUT2D eigenvalue weighted by Crippen LogP contribution is -2.33. The molecule has 182 valence electrons. The molecule has 1 unspecified atom stereocenters. The summed E-state index contributed by atoms with van der Waals surface area (Å²) in [6, 6.07) is 14.0. The SMILES string of the molecule is CC1(COC(=O)c2ccc3c(c2)CCC=C3)CCC(COC(=O)C2C=c3ccccc3=CC2)CC1. The number of ether oxygens (including phenoxy) is 2. The lowest BCUT2D eigenvalue weighted by atomic mass is 9.72. The van der Waals surface area contributed by atoms with Gasteiger partial charge >= 0.3 is 11.9 Å². The minimum Gasteiger partial charge on any atom is -0.465 e. The van der Waals surface area contributed by atoms with Gasteiger partial charge in [-0.2, -0.15) is 0 Å². The quantitative estimate of drug-likeness (QED) is 0.568. The standard InChI is InChI=1S/C31H34O4/c1-31(21-35-30(33)28-13-11-24-7-3-5-9-26(24)19-28)16-14-22(15-17-31)20-34-29(32)27-12-10-23-6-2-4-8-25(23)18-27/h2-4,6-8,10-11,13,18-19,22,27H,5,9,12,14-17,20-21H2,1H3. The number of benzene rings is 2. The van der Waals surface area contributed by atoms with Gasteiger partial charge in [-0.15, -0.1) is 0 Å². The van der Waals surface area contributed by atoms with Crippen LogP contribution in [-0.4, -0.2) is 25.2 Å². The zero-order chi connectivity index (χ0) is 24.3. The third-order valence-corrected chi connectivity index (χ3v) is 7.85. The lowest BCUT2D eigenvalue weighted by Gasteiger charge is -2.36. The molecule has 0 heterocycles. The van der Waals surface area contributed by atoms with Crippen molar-refractivity contribution in [2.75, 3.05) is 13.2 Å². The van der Waals surface area contributed by atoms with Crippen molar-refractivity contribution >= 4 is 30.2 Å². The molecule has 1 atom stereocenters. The Kier molecular flexibility index (Phi) is 6.90. The highest BCUT2D eigenvalue weighted by molar-refractivity contribution is 5.90. The first kappa shape index (κ1) is 23.6. The van der Waals surface area contributed by atoms with Gasteiger partial charge in [-0.25, -0.2) is 4.79 Å². The molecule has 0 bridgehead atoms. The smallest absolute Gasteiger partial charge is 0.338 e. The number of allylic oxidation sites excluding steroid dienone is 1. The van der Waals surface area contributed by atoms with Crippen LogP contribution in [0.25, 0.3) is 18.2 Å². The van der Waals surface area contributed by atoms with Crippen LogP contribution in [0.5, 0.6) is 0 Å². The van der Waals surface area contributed by atoms with E-state index in [9.17, 15) is 9.59 Å². The predicted molar refractivity (Wildman–Crippen MR) is 138 cm³/mol. The van der Waals surface area contributed by atoms with Gasteiger partial charge in [-0.1, -0.05) is 61.6 Å². The van der Waals surface area contributed by atoms with E-state index in [0.29, 0.717) is 31.1 Å². The molecular formula is C31H34O4. The fourth-order valence-electron chi connectivity index (χ4n) is 5.43. The normalized spacial score (nSPS) is 24.8. The van der Waals surface area contributed by atoms with Crippen LogP contribution >= 0.6 is 0 Å². The molecule has 0 radical (unpaired) electrons. The van der Waals surface area contributed by atoms with Gasteiger partial charge in [0.25, 0.3) is 0 Å². The molecule has 4 heteroatoms. The molecule has 0 amide bonds. The van der Waals surface area contributed by atoms with E-state index in [-0.39, 0.29) is 23.3 Å². The Labute approximate surface area is 207 Å². The molecule has 5 rings (SSSR count). The van der Waals surface area contributed by atoms with Crippen molar-refractivity contribution in [3.05, 3.63) is 75.7 Å². The summed E-state index contributed by atoms with van der Waals surface area (Å²) in [6.45, 7) is 3.11. The van der Waals surface area contributed by atoms with Crippen molar-refractivity contribution in [2.24, 2.45) is 17.3 Å². The van der Waals surface area contributed by atoms with Gasteiger partial charge in [-0.05, 0) is 84.6 Å². The molecule has 35 heavy (non-hydrogen) atoms. The Morgan fingerprint density at radius 3 is 2.66 bits per heavy atom. The van der Waals surface area contributed by atoms with E-state index < -0.39 is 0 Å². The van der Waals surface area contributed by atoms with Crippen LogP contribution in [0, 0.1) is 17.3 Å². The van der Waals surface area contributed by atoms with E-state index in [1.807, 2.05) is 42.5 Å². The van der Waals surface area contributed by atoms with E-state index in [2.05, 4.69) is 31.2 Å². The van der Waals surface area contributed by atoms with Crippen molar-refractivity contribution in [1.29, 1.82) is 0 Å². The zero-order valence-corrected chi connectivity index (χ0v) is 20.5. The molecule has 3 aliphatic rings. The van der Waals surface area contributed by atoms with Crippen LogP contribution in [0.15, 0.2) is 48.5 Å². The van der Waals surface area contributed by atoms with E-state index in [0.717, 1.165) is 43.7 Å². The second-order valence-electron chi connectivity index (χ2n) is 10.7. The Bertz CT molecular complexity index is 1250. The zero-order valence-electron chi connectivity index (χ0n) is 20.5. The monoisotopic (exact) mass is 470 g/mol. The van der Waals surface area contributed by atoms with Gasteiger partial charge in [0.15, 0.2) is 0 Å².